The normalized spacial score (nSPS) is 22.6. The van der Waals surface area contributed by atoms with E-state index >= 15 is 0 Å². The van der Waals surface area contributed by atoms with Gasteiger partial charge in [-0.2, -0.15) is 0 Å². The molecule has 0 heteroatoms. The van der Waals surface area contributed by atoms with Gasteiger partial charge < -0.3 is 0 Å². The molecule has 0 aliphatic heterocycles. The van der Waals surface area contributed by atoms with Crippen LogP contribution in [0.15, 0.2) is 66.8 Å². The van der Waals surface area contributed by atoms with Crippen LogP contribution in [-0.2, 0) is 25.7 Å². The molecule has 0 bridgehead atoms. The Morgan fingerprint density at radius 1 is 0.872 bits per heavy atom. The van der Waals surface area contributed by atoms with Crippen LogP contribution in [0.5, 0.6) is 0 Å². The van der Waals surface area contributed by atoms with Crippen LogP contribution < -0.4 is 0 Å². The van der Waals surface area contributed by atoms with Crippen LogP contribution in [0.3, 0.4) is 0 Å². The Hall–Kier alpha value is -2.08. The SMILES string of the molecule is C=C(C)C(CCCC1CC(CCc2ccc3c(c2)CCCC3)C1)CC(=C)C1(Cc2cccc(C)c2)CCCC1. The third-order valence-electron chi connectivity index (χ3n) is 10.9. The number of fused-ring (bicyclic) bond motifs is 1. The van der Waals surface area contributed by atoms with Gasteiger partial charge >= 0.3 is 0 Å². The van der Waals surface area contributed by atoms with E-state index in [4.69, 9.17) is 6.58 Å². The summed E-state index contributed by atoms with van der Waals surface area (Å²) in [7, 11) is 0. The van der Waals surface area contributed by atoms with Gasteiger partial charge in [-0.1, -0.05) is 98.0 Å². The van der Waals surface area contributed by atoms with Crippen molar-refractivity contribution in [2.45, 2.75) is 123 Å². The van der Waals surface area contributed by atoms with Crippen LogP contribution in [0.25, 0.3) is 0 Å². The van der Waals surface area contributed by atoms with Gasteiger partial charge in [0.2, 0.25) is 0 Å². The molecule has 5 rings (SSSR count). The van der Waals surface area contributed by atoms with Crippen molar-refractivity contribution in [1.82, 2.24) is 0 Å². The van der Waals surface area contributed by atoms with Crippen LogP contribution in [0.2, 0.25) is 0 Å². The lowest BCUT2D eigenvalue weighted by molar-refractivity contribution is 0.166. The molecule has 2 saturated carbocycles. The van der Waals surface area contributed by atoms with Crippen molar-refractivity contribution in [2.75, 3.05) is 0 Å². The minimum absolute atomic E-state index is 0.306. The minimum atomic E-state index is 0.306. The standard InChI is InChI=1S/C39H54/c1-29(2)37(24-31(4)39(21-7-8-22-39)28-35-13-9-11-30(3)23-35)16-10-12-33-25-34(26-33)18-17-32-19-20-36-14-5-6-15-38(36)27-32/h9,11,13,19-20,23,27,33-34,37H,1,4-8,10,12,14-18,21-22,24-26,28H2,2-3H3. The second-order valence-electron chi connectivity index (χ2n) is 14.0. The zero-order chi connectivity index (χ0) is 27.2. The van der Waals surface area contributed by atoms with Gasteiger partial charge in [0.05, 0.1) is 0 Å². The molecule has 39 heavy (non-hydrogen) atoms. The molecule has 3 aliphatic carbocycles. The van der Waals surface area contributed by atoms with E-state index in [-0.39, 0.29) is 0 Å². The predicted molar refractivity (Wildman–Crippen MR) is 169 cm³/mol. The lowest BCUT2D eigenvalue weighted by Crippen LogP contribution is -2.25. The van der Waals surface area contributed by atoms with Crippen molar-refractivity contribution in [3.63, 3.8) is 0 Å². The highest BCUT2D eigenvalue weighted by Crippen LogP contribution is 2.49. The number of hydrogen-bond donors (Lipinski definition) is 0. The van der Waals surface area contributed by atoms with Gasteiger partial charge in [-0.3, -0.25) is 0 Å². The second-order valence-corrected chi connectivity index (χ2v) is 14.0. The number of aryl methyl sites for hydroxylation is 4. The third kappa shape index (κ3) is 7.36. The van der Waals surface area contributed by atoms with Crippen molar-refractivity contribution in [2.24, 2.45) is 23.2 Å². The minimum Gasteiger partial charge on any atom is -0.0998 e. The Balaban J connectivity index is 1.04. The average Bonchev–Trinajstić information content (AvgIpc) is 3.38. The monoisotopic (exact) mass is 522 g/mol. The first kappa shape index (κ1) is 28.4. The van der Waals surface area contributed by atoms with E-state index < -0.39 is 0 Å². The summed E-state index contributed by atoms with van der Waals surface area (Å²) in [5.41, 5.74) is 10.9. The summed E-state index contributed by atoms with van der Waals surface area (Å²) in [6.45, 7) is 13.7. The van der Waals surface area contributed by atoms with Crippen molar-refractivity contribution in [1.29, 1.82) is 0 Å². The summed E-state index contributed by atoms with van der Waals surface area (Å²) < 4.78 is 0. The lowest BCUT2D eigenvalue weighted by atomic mass is 9.69. The van der Waals surface area contributed by atoms with Crippen LogP contribution in [0.4, 0.5) is 0 Å². The van der Waals surface area contributed by atoms with Crippen molar-refractivity contribution >= 4 is 0 Å². The Morgan fingerprint density at radius 2 is 1.62 bits per heavy atom. The van der Waals surface area contributed by atoms with Crippen molar-refractivity contribution in [3.8, 4) is 0 Å². The molecule has 1 unspecified atom stereocenters. The molecule has 0 N–H and O–H groups in total. The first-order chi connectivity index (χ1) is 18.9. The third-order valence-corrected chi connectivity index (χ3v) is 10.9. The molecular formula is C39H54. The summed E-state index contributed by atoms with van der Waals surface area (Å²) in [6.07, 6.45) is 22.7. The first-order valence-corrected chi connectivity index (χ1v) is 16.4. The molecular weight excluding hydrogens is 468 g/mol. The number of rotatable bonds is 13. The van der Waals surface area contributed by atoms with E-state index in [2.05, 4.69) is 62.9 Å². The van der Waals surface area contributed by atoms with Crippen LogP contribution in [0.1, 0.15) is 118 Å². The first-order valence-electron chi connectivity index (χ1n) is 16.4. The summed E-state index contributed by atoms with van der Waals surface area (Å²) >= 11 is 0. The maximum Gasteiger partial charge on any atom is -0.00502 e. The molecule has 0 aromatic heterocycles. The number of hydrogen-bond acceptors (Lipinski definition) is 0. The smallest absolute Gasteiger partial charge is 0.00502 e. The number of allylic oxidation sites excluding steroid dienone is 2. The van der Waals surface area contributed by atoms with Gasteiger partial charge in [-0.05, 0) is 143 Å². The van der Waals surface area contributed by atoms with E-state index in [0.29, 0.717) is 11.3 Å². The van der Waals surface area contributed by atoms with Gasteiger partial charge in [0.15, 0.2) is 0 Å². The van der Waals surface area contributed by atoms with Gasteiger partial charge in [-0.25, -0.2) is 0 Å². The molecule has 0 heterocycles. The topological polar surface area (TPSA) is 0 Å². The molecule has 2 aromatic rings. The molecule has 0 radical (unpaired) electrons. The molecule has 0 nitrogen and oxygen atoms in total. The molecule has 3 aliphatic rings. The van der Waals surface area contributed by atoms with Crippen molar-refractivity contribution < 1.29 is 0 Å². The summed E-state index contributed by atoms with van der Waals surface area (Å²) in [5.74, 6) is 2.54. The van der Waals surface area contributed by atoms with E-state index in [1.807, 2.05) is 0 Å². The fourth-order valence-corrected chi connectivity index (χ4v) is 8.27. The molecule has 2 fully saturated rings. The molecule has 2 aromatic carbocycles. The lowest BCUT2D eigenvalue weighted by Gasteiger charge is -2.36. The zero-order valence-corrected chi connectivity index (χ0v) is 25.2. The molecule has 0 amide bonds. The second kappa shape index (κ2) is 13.1. The number of benzene rings is 2. The molecule has 1 atom stereocenters. The fourth-order valence-electron chi connectivity index (χ4n) is 8.27. The average molecular weight is 523 g/mol. The van der Waals surface area contributed by atoms with Crippen LogP contribution >= 0.6 is 0 Å². The largest absolute Gasteiger partial charge is 0.0998 e. The van der Waals surface area contributed by atoms with Gasteiger partial charge in [0.1, 0.15) is 0 Å². The van der Waals surface area contributed by atoms with E-state index in [0.717, 1.165) is 18.3 Å². The maximum absolute atomic E-state index is 4.76. The van der Waals surface area contributed by atoms with Gasteiger partial charge in [0, 0.05) is 0 Å². The van der Waals surface area contributed by atoms with Gasteiger partial charge in [0.25, 0.3) is 0 Å². The van der Waals surface area contributed by atoms with Crippen LogP contribution in [-0.4, -0.2) is 0 Å². The molecule has 0 saturated heterocycles. The van der Waals surface area contributed by atoms with Gasteiger partial charge in [-0.15, -0.1) is 0 Å². The van der Waals surface area contributed by atoms with E-state index in [9.17, 15) is 0 Å². The maximum atomic E-state index is 4.76. The highest BCUT2D eigenvalue weighted by Gasteiger charge is 2.37. The summed E-state index contributed by atoms with van der Waals surface area (Å²) in [5, 5.41) is 0. The Kier molecular flexibility index (Phi) is 9.52. The predicted octanol–water partition coefficient (Wildman–Crippen LogP) is 10.9. The van der Waals surface area contributed by atoms with E-state index in [1.54, 1.807) is 16.7 Å². The Bertz CT molecular complexity index is 1120. The Morgan fingerprint density at radius 3 is 2.36 bits per heavy atom. The van der Waals surface area contributed by atoms with E-state index in [1.165, 1.54) is 125 Å². The van der Waals surface area contributed by atoms with Crippen molar-refractivity contribution in [3.05, 3.63) is 94.6 Å². The molecule has 210 valence electrons. The fraction of sp³-hybridized carbons (Fsp3) is 0.590. The highest BCUT2D eigenvalue weighted by atomic mass is 14.4. The van der Waals surface area contributed by atoms with Crippen LogP contribution in [0, 0.1) is 30.1 Å². The summed E-state index contributed by atoms with van der Waals surface area (Å²) in [4.78, 5) is 0. The zero-order valence-electron chi connectivity index (χ0n) is 25.2. The Labute approximate surface area is 240 Å². The quantitative estimate of drug-likeness (QED) is 0.229. The highest BCUT2D eigenvalue weighted by molar-refractivity contribution is 5.34. The molecule has 0 spiro atoms. The summed E-state index contributed by atoms with van der Waals surface area (Å²) in [6, 6.07) is 16.5.